The molecule has 0 aromatic carbocycles. The molecule has 0 heterocycles. The van der Waals surface area contributed by atoms with E-state index in [1.807, 2.05) is 19.1 Å². The molecule has 0 spiro atoms. The molecule has 0 radical (unpaired) electrons. The van der Waals surface area contributed by atoms with E-state index in [-0.39, 0.29) is 0 Å². The number of hydrogen-bond donors (Lipinski definition) is 1. The van der Waals surface area contributed by atoms with Crippen LogP contribution in [0.1, 0.15) is 6.92 Å². The Kier molecular flexibility index (Phi) is 0.665. The van der Waals surface area contributed by atoms with Crippen molar-refractivity contribution >= 4 is 0 Å². The fourth-order valence-electron chi connectivity index (χ4n) is 1.71. The van der Waals surface area contributed by atoms with Crippen molar-refractivity contribution in [2.45, 2.75) is 12.5 Å². The minimum absolute atomic E-state index is 0.345. The van der Waals surface area contributed by atoms with Crippen LogP contribution >= 0.6 is 0 Å². The third kappa shape index (κ3) is 0.479. The second-order valence-corrected chi connectivity index (χ2v) is 3.16. The molecule has 2 rings (SSSR count). The van der Waals surface area contributed by atoms with Gasteiger partial charge in [0.15, 0.2) is 0 Å². The van der Waals surface area contributed by atoms with E-state index in [4.69, 9.17) is 0 Å². The molecule has 0 bridgehead atoms. The highest BCUT2D eigenvalue weighted by atomic mass is 16.3. The fraction of sp³-hybridized carbons (Fsp3) is 0.500. The van der Waals surface area contributed by atoms with Crippen molar-refractivity contribution < 1.29 is 5.11 Å². The van der Waals surface area contributed by atoms with Crippen LogP contribution in [0.25, 0.3) is 0 Å². The average Bonchev–Trinajstić information content (AvgIpc) is 2.24. The summed E-state index contributed by atoms with van der Waals surface area (Å²) in [5, 5.41) is 9.53. The van der Waals surface area contributed by atoms with Gasteiger partial charge in [0.25, 0.3) is 0 Å². The topological polar surface area (TPSA) is 20.2 Å². The lowest BCUT2D eigenvalue weighted by atomic mass is 10.0. The molecule has 2 aliphatic carbocycles. The summed E-state index contributed by atoms with van der Waals surface area (Å²) in [5.74, 6) is 0.845. The van der Waals surface area contributed by atoms with Gasteiger partial charge in [-0.15, -0.1) is 0 Å². The highest BCUT2D eigenvalue weighted by molar-refractivity contribution is 5.43. The van der Waals surface area contributed by atoms with Crippen molar-refractivity contribution in [2.75, 3.05) is 0 Å². The Bertz CT molecular complexity index is 201. The van der Waals surface area contributed by atoms with Gasteiger partial charge in [-0.2, -0.15) is 0 Å². The first-order valence-corrected chi connectivity index (χ1v) is 3.23. The number of hydrogen-bond acceptors (Lipinski definition) is 1. The maximum atomic E-state index is 9.53. The fourth-order valence-corrected chi connectivity index (χ4v) is 1.71. The van der Waals surface area contributed by atoms with Crippen LogP contribution in [0.4, 0.5) is 0 Å². The van der Waals surface area contributed by atoms with E-state index in [9.17, 15) is 5.11 Å². The first kappa shape index (κ1) is 5.24. The average molecular weight is 122 g/mol. The van der Waals surface area contributed by atoms with E-state index in [0.29, 0.717) is 11.8 Å². The molecule has 9 heavy (non-hydrogen) atoms. The van der Waals surface area contributed by atoms with E-state index in [1.165, 1.54) is 5.57 Å². The Hall–Kier alpha value is -0.560. The summed E-state index contributed by atoms with van der Waals surface area (Å²) in [7, 11) is 0. The lowest BCUT2D eigenvalue weighted by Gasteiger charge is -2.13. The van der Waals surface area contributed by atoms with Crippen LogP contribution in [-0.4, -0.2) is 10.7 Å². The van der Waals surface area contributed by atoms with E-state index < -0.39 is 5.60 Å². The summed E-state index contributed by atoms with van der Waals surface area (Å²) in [6.07, 6.45) is 3.92. The smallest absolute Gasteiger partial charge is 0.0873 e. The quantitative estimate of drug-likeness (QED) is 0.477. The third-order valence-electron chi connectivity index (χ3n) is 2.35. The molecule has 1 nitrogen and oxygen atoms in total. The van der Waals surface area contributed by atoms with E-state index in [2.05, 4.69) is 6.58 Å². The van der Waals surface area contributed by atoms with Crippen molar-refractivity contribution in [1.29, 1.82) is 0 Å². The molecule has 0 aliphatic heterocycles. The Balaban J connectivity index is 2.36. The molecule has 1 fully saturated rings. The van der Waals surface area contributed by atoms with Gasteiger partial charge in [0.05, 0.1) is 5.60 Å². The van der Waals surface area contributed by atoms with Crippen LogP contribution in [0.2, 0.25) is 0 Å². The second kappa shape index (κ2) is 1.14. The number of allylic oxidation sites excluding steroid dienone is 1. The van der Waals surface area contributed by atoms with Crippen molar-refractivity contribution in [3.63, 3.8) is 0 Å². The standard InChI is InChI=1S/C8H10O/c1-5-6-3-4-8(2,9)7(5)6/h3-4,6-7,9H,1H2,2H3/t6-,7+,8-/m1/s1. The van der Waals surface area contributed by atoms with E-state index in [0.717, 1.165) is 0 Å². The van der Waals surface area contributed by atoms with Crippen LogP contribution in [-0.2, 0) is 0 Å². The van der Waals surface area contributed by atoms with Crippen LogP contribution in [0.5, 0.6) is 0 Å². The molecule has 3 atom stereocenters. The first-order valence-electron chi connectivity index (χ1n) is 3.23. The molecule has 2 aliphatic rings. The Morgan fingerprint density at radius 1 is 1.78 bits per heavy atom. The van der Waals surface area contributed by atoms with Crippen molar-refractivity contribution in [2.24, 2.45) is 11.8 Å². The van der Waals surface area contributed by atoms with Crippen molar-refractivity contribution in [1.82, 2.24) is 0 Å². The normalized spacial score (nSPS) is 53.8. The third-order valence-corrected chi connectivity index (χ3v) is 2.35. The van der Waals surface area contributed by atoms with Gasteiger partial charge in [-0.25, -0.2) is 0 Å². The van der Waals surface area contributed by atoms with Crippen LogP contribution in [0.15, 0.2) is 24.3 Å². The summed E-state index contributed by atoms with van der Waals surface area (Å²) in [5.41, 5.74) is 0.615. The van der Waals surface area contributed by atoms with Gasteiger partial charge < -0.3 is 5.11 Å². The maximum absolute atomic E-state index is 9.53. The number of rotatable bonds is 0. The molecule has 0 aromatic heterocycles. The number of fused-ring (bicyclic) bond motifs is 1. The van der Waals surface area contributed by atoms with E-state index in [1.54, 1.807) is 0 Å². The highest BCUT2D eigenvalue weighted by Crippen LogP contribution is 2.56. The van der Waals surface area contributed by atoms with E-state index >= 15 is 0 Å². The maximum Gasteiger partial charge on any atom is 0.0873 e. The predicted molar refractivity (Wildman–Crippen MR) is 35.9 cm³/mol. The molecule has 0 unspecified atom stereocenters. The van der Waals surface area contributed by atoms with Crippen LogP contribution in [0, 0.1) is 11.8 Å². The molecule has 1 N–H and O–H groups in total. The minimum atomic E-state index is -0.582. The molecule has 0 amide bonds. The molecule has 1 heteroatoms. The van der Waals surface area contributed by atoms with Gasteiger partial charge in [0, 0.05) is 11.8 Å². The predicted octanol–water partition coefficient (Wildman–Crippen LogP) is 1.11. The Labute approximate surface area is 54.7 Å². The summed E-state index contributed by atoms with van der Waals surface area (Å²) in [6, 6.07) is 0. The minimum Gasteiger partial charge on any atom is -0.385 e. The van der Waals surface area contributed by atoms with Crippen molar-refractivity contribution in [3.05, 3.63) is 24.3 Å². The SMILES string of the molecule is C=C1[C@H]2C=C[C@@](C)(O)[C@@H]12. The lowest BCUT2D eigenvalue weighted by molar-refractivity contribution is 0.0958. The highest BCUT2D eigenvalue weighted by Gasteiger charge is 2.54. The number of aliphatic hydroxyl groups is 1. The molecule has 0 saturated heterocycles. The van der Waals surface area contributed by atoms with Gasteiger partial charge in [-0.3, -0.25) is 0 Å². The zero-order valence-corrected chi connectivity index (χ0v) is 5.46. The zero-order valence-electron chi connectivity index (χ0n) is 5.46. The lowest BCUT2D eigenvalue weighted by Crippen LogP contribution is -2.21. The molecule has 48 valence electrons. The van der Waals surface area contributed by atoms with Crippen LogP contribution < -0.4 is 0 Å². The van der Waals surface area contributed by atoms with Gasteiger partial charge >= 0.3 is 0 Å². The largest absolute Gasteiger partial charge is 0.385 e. The Morgan fingerprint density at radius 3 is 2.67 bits per heavy atom. The molecule has 1 saturated carbocycles. The van der Waals surface area contributed by atoms with Crippen molar-refractivity contribution in [3.8, 4) is 0 Å². The summed E-state index contributed by atoms with van der Waals surface area (Å²) < 4.78 is 0. The van der Waals surface area contributed by atoms with Gasteiger partial charge in [-0.1, -0.05) is 24.3 Å². The van der Waals surface area contributed by atoms with Crippen LogP contribution in [0.3, 0.4) is 0 Å². The summed E-state index contributed by atoms with van der Waals surface area (Å²) in [4.78, 5) is 0. The monoisotopic (exact) mass is 122 g/mol. The summed E-state index contributed by atoms with van der Waals surface area (Å²) in [6.45, 7) is 5.68. The van der Waals surface area contributed by atoms with Gasteiger partial charge in [0.1, 0.15) is 0 Å². The zero-order chi connectivity index (χ0) is 6.65. The molecule has 0 aromatic rings. The van der Waals surface area contributed by atoms with Gasteiger partial charge in [-0.05, 0) is 6.92 Å². The van der Waals surface area contributed by atoms with Gasteiger partial charge in [0.2, 0.25) is 0 Å². The Morgan fingerprint density at radius 2 is 2.44 bits per heavy atom. The molecular weight excluding hydrogens is 112 g/mol. The first-order chi connectivity index (χ1) is 4.13. The summed E-state index contributed by atoms with van der Waals surface area (Å²) >= 11 is 0. The second-order valence-electron chi connectivity index (χ2n) is 3.16. The molecular formula is C8H10O.